The third-order valence-electron chi connectivity index (χ3n) is 13.4. The fourth-order valence-corrected chi connectivity index (χ4v) is 8.68. The summed E-state index contributed by atoms with van der Waals surface area (Å²) >= 11 is 0. The summed E-state index contributed by atoms with van der Waals surface area (Å²) in [7, 11) is 5.96. The maximum absolute atomic E-state index is 12.8. The second-order valence-electron chi connectivity index (χ2n) is 22.0. The molecule has 2 atom stereocenters. The Morgan fingerprint density at radius 1 is 0.413 bits per heavy atom. The molecule has 434 valence electrons. The number of unbranched alkanes of at least 4 members (excludes halogenated alkanes) is 30. The highest BCUT2D eigenvalue weighted by molar-refractivity contribution is 5.71. The van der Waals surface area contributed by atoms with Crippen LogP contribution >= 0.6 is 0 Å². The van der Waals surface area contributed by atoms with Crippen LogP contribution in [0.15, 0.2) is 72.9 Å². The molecular weight excluding hydrogens is 935 g/mol. The molecule has 75 heavy (non-hydrogen) atoms. The van der Waals surface area contributed by atoms with E-state index in [1.807, 2.05) is 21.1 Å². The Labute approximate surface area is 462 Å². The molecule has 2 unspecified atom stereocenters. The van der Waals surface area contributed by atoms with Crippen LogP contribution < -0.4 is 0 Å². The Hall–Kier alpha value is -3.27. The van der Waals surface area contributed by atoms with Crippen LogP contribution in [0, 0.1) is 0 Å². The van der Waals surface area contributed by atoms with Gasteiger partial charge in [-0.15, -0.1) is 0 Å². The van der Waals surface area contributed by atoms with Gasteiger partial charge in [-0.25, -0.2) is 4.79 Å². The molecule has 0 aromatic rings. The first kappa shape index (κ1) is 71.7. The van der Waals surface area contributed by atoms with Crippen molar-refractivity contribution in [1.82, 2.24) is 0 Å². The number of carboxylic acid groups (broad SMARTS) is 1. The summed E-state index contributed by atoms with van der Waals surface area (Å²) in [5, 5.41) is 9.70. The third kappa shape index (κ3) is 58.3. The van der Waals surface area contributed by atoms with Gasteiger partial charge in [0, 0.05) is 12.8 Å². The normalized spacial score (nSPS) is 13.2. The van der Waals surface area contributed by atoms with Gasteiger partial charge in [0.25, 0.3) is 6.29 Å². The summed E-state index contributed by atoms with van der Waals surface area (Å²) in [6, 6.07) is 0. The topological polar surface area (TPSA) is 108 Å². The molecule has 0 heterocycles. The first-order valence-electron chi connectivity index (χ1n) is 31.1. The molecule has 0 aliphatic heterocycles. The van der Waals surface area contributed by atoms with Crippen molar-refractivity contribution in [1.29, 1.82) is 0 Å². The van der Waals surface area contributed by atoms with E-state index in [0.717, 1.165) is 77.0 Å². The van der Waals surface area contributed by atoms with Crippen molar-refractivity contribution in [2.75, 3.05) is 47.5 Å². The molecule has 0 rings (SSSR count). The zero-order chi connectivity index (χ0) is 54.8. The number of aliphatic carboxylic acids is 1. The van der Waals surface area contributed by atoms with Crippen LogP contribution in [0.5, 0.6) is 0 Å². The quantitative estimate of drug-likeness (QED) is 0.0211. The largest absolute Gasteiger partial charge is 0.477 e. The number of carbonyl (C=O) groups is 3. The number of nitrogens with zero attached hydrogens (tertiary/aromatic N) is 1. The summed E-state index contributed by atoms with van der Waals surface area (Å²) in [5.74, 6) is -2.03. The van der Waals surface area contributed by atoms with Gasteiger partial charge in [0.15, 0.2) is 6.10 Å². The molecule has 0 saturated carbocycles. The predicted molar refractivity (Wildman–Crippen MR) is 318 cm³/mol. The molecular formula is C66H118NO8+. The van der Waals surface area contributed by atoms with E-state index in [4.69, 9.17) is 18.9 Å². The standard InChI is InChI=1S/C66H117NO8/c1-6-8-10-12-14-16-18-20-22-24-25-26-27-28-29-30-31-32-33-34-35-36-37-38-39-41-42-44-46-48-50-52-54-56-63(68)73-60-62(61-74-66(65(70)71)72-59-58-67(3,4)5)75-64(69)57-55-53-51-49-47-45-43-40-23-21-19-17-15-13-11-9-7-2/h9,11,15,17-18,20-21,23-25,43,45,62,66H,6-8,10,12-14,16,19,22,26-42,44,46-61H2,1-5H3/p+1/b11-9-,17-15-,20-18-,23-21-,25-24-,45-43-. The maximum Gasteiger partial charge on any atom is 0.361 e. The highest BCUT2D eigenvalue weighted by Gasteiger charge is 2.25. The highest BCUT2D eigenvalue weighted by atomic mass is 16.7. The van der Waals surface area contributed by atoms with Crippen LogP contribution in [-0.2, 0) is 33.3 Å². The van der Waals surface area contributed by atoms with Gasteiger partial charge in [-0.05, 0) is 83.5 Å². The summed E-state index contributed by atoms with van der Waals surface area (Å²) < 4.78 is 22.9. The minimum atomic E-state index is -1.52. The zero-order valence-corrected chi connectivity index (χ0v) is 49.4. The van der Waals surface area contributed by atoms with Crippen LogP contribution in [-0.4, -0.2) is 87.4 Å². The van der Waals surface area contributed by atoms with E-state index in [9.17, 15) is 19.5 Å². The summed E-state index contributed by atoms with van der Waals surface area (Å²) in [5.41, 5.74) is 0. The van der Waals surface area contributed by atoms with Crippen molar-refractivity contribution in [2.24, 2.45) is 0 Å². The van der Waals surface area contributed by atoms with Gasteiger partial charge in [-0.3, -0.25) is 9.59 Å². The van der Waals surface area contributed by atoms with Gasteiger partial charge in [0.1, 0.15) is 13.2 Å². The molecule has 0 fully saturated rings. The summed E-state index contributed by atoms with van der Waals surface area (Å²) in [4.78, 5) is 37.4. The molecule has 0 radical (unpaired) electrons. The number of carboxylic acids is 1. The number of ether oxygens (including phenoxy) is 4. The van der Waals surface area contributed by atoms with Gasteiger partial charge in [-0.1, -0.05) is 247 Å². The molecule has 0 spiro atoms. The second-order valence-corrected chi connectivity index (χ2v) is 22.0. The Morgan fingerprint density at radius 2 is 0.760 bits per heavy atom. The van der Waals surface area contributed by atoms with Crippen LogP contribution in [0.3, 0.4) is 0 Å². The van der Waals surface area contributed by atoms with Crippen LogP contribution in [0.2, 0.25) is 0 Å². The molecule has 9 heteroatoms. The number of hydrogen-bond donors (Lipinski definition) is 1. The summed E-state index contributed by atoms with van der Waals surface area (Å²) in [6.45, 7) is 4.74. The van der Waals surface area contributed by atoms with E-state index in [-0.39, 0.29) is 32.2 Å². The molecule has 0 aliphatic rings. The lowest BCUT2D eigenvalue weighted by Crippen LogP contribution is -2.40. The first-order chi connectivity index (χ1) is 36.6. The number of quaternary nitrogens is 1. The van der Waals surface area contributed by atoms with Gasteiger partial charge in [0.2, 0.25) is 0 Å². The van der Waals surface area contributed by atoms with Crippen LogP contribution in [0.25, 0.3) is 0 Å². The van der Waals surface area contributed by atoms with E-state index in [2.05, 4.69) is 86.8 Å². The molecule has 0 aliphatic carbocycles. The van der Waals surface area contributed by atoms with Crippen molar-refractivity contribution in [3.63, 3.8) is 0 Å². The SMILES string of the molecule is CC/C=C\C/C=C\C/C=C\C/C=C\CCCCCCC(=O)OC(COC(=O)CCCCCCCCCCCCCCCCCCCCCCC/C=C\C/C=C\CCCCCCC)COC(OCC[N+](C)(C)C)C(=O)O. The van der Waals surface area contributed by atoms with Crippen molar-refractivity contribution >= 4 is 17.9 Å². The number of allylic oxidation sites excluding steroid dienone is 12. The Morgan fingerprint density at radius 3 is 1.13 bits per heavy atom. The average molecular weight is 1050 g/mol. The van der Waals surface area contributed by atoms with Crippen molar-refractivity contribution in [2.45, 2.75) is 283 Å². The first-order valence-corrected chi connectivity index (χ1v) is 31.1. The highest BCUT2D eigenvalue weighted by Crippen LogP contribution is 2.17. The maximum atomic E-state index is 12.8. The fraction of sp³-hybridized carbons (Fsp3) is 0.773. The molecule has 0 aromatic carbocycles. The van der Waals surface area contributed by atoms with Crippen molar-refractivity contribution in [3.05, 3.63) is 72.9 Å². The Kier molecular flexibility index (Phi) is 54.4. The van der Waals surface area contributed by atoms with Crippen LogP contribution in [0.4, 0.5) is 0 Å². The number of rotatable bonds is 57. The minimum absolute atomic E-state index is 0.181. The van der Waals surface area contributed by atoms with Gasteiger partial charge in [-0.2, -0.15) is 0 Å². The minimum Gasteiger partial charge on any atom is -0.477 e. The fourth-order valence-electron chi connectivity index (χ4n) is 8.68. The number of likely N-dealkylation sites (N-methyl/N-ethyl adjacent to an activating group) is 1. The molecule has 0 aromatic heterocycles. The van der Waals surface area contributed by atoms with Gasteiger partial charge >= 0.3 is 17.9 Å². The number of carbonyl (C=O) groups excluding carboxylic acids is 2. The van der Waals surface area contributed by atoms with Crippen molar-refractivity contribution in [3.8, 4) is 0 Å². The van der Waals surface area contributed by atoms with Crippen LogP contribution in [0.1, 0.15) is 271 Å². The average Bonchev–Trinajstić information content (AvgIpc) is 3.38. The Balaban J connectivity index is 4.09. The smallest absolute Gasteiger partial charge is 0.361 e. The van der Waals surface area contributed by atoms with Gasteiger partial charge in [0.05, 0.1) is 34.4 Å². The van der Waals surface area contributed by atoms with E-state index in [0.29, 0.717) is 23.9 Å². The lowest BCUT2D eigenvalue weighted by molar-refractivity contribution is -0.870. The molecule has 0 bridgehead atoms. The molecule has 0 saturated heterocycles. The predicted octanol–water partition coefficient (Wildman–Crippen LogP) is 18.6. The van der Waals surface area contributed by atoms with E-state index in [1.54, 1.807) is 0 Å². The number of hydrogen-bond acceptors (Lipinski definition) is 7. The number of esters is 2. The molecule has 0 amide bonds. The molecule has 9 nitrogen and oxygen atoms in total. The van der Waals surface area contributed by atoms with E-state index >= 15 is 0 Å². The lowest BCUT2D eigenvalue weighted by Gasteiger charge is -2.25. The Bertz CT molecular complexity index is 1460. The van der Waals surface area contributed by atoms with Crippen molar-refractivity contribution < 1.29 is 42.9 Å². The molecule has 1 N–H and O–H groups in total. The third-order valence-corrected chi connectivity index (χ3v) is 13.4. The zero-order valence-electron chi connectivity index (χ0n) is 49.4. The monoisotopic (exact) mass is 1050 g/mol. The lowest BCUT2D eigenvalue weighted by atomic mass is 10.0. The second kappa shape index (κ2) is 56.9. The summed E-state index contributed by atoms with van der Waals surface area (Å²) in [6.07, 6.45) is 71.5. The van der Waals surface area contributed by atoms with Gasteiger partial charge < -0.3 is 28.5 Å². The van der Waals surface area contributed by atoms with E-state index in [1.165, 1.54) is 161 Å². The van der Waals surface area contributed by atoms with E-state index < -0.39 is 24.3 Å².